The van der Waals surface area contributed by atoms with Gasteiger partial charge in [-0.3, -0.25) is 4.79 Å². The smallest absolute Gasteiger partial charge is 0.308 e. The van der Waals surface area contributed by atoms with E-state index in [0.29, 0.717) is 17.1 Å². The number of carbonyl (C=O) groups excluding carboxylic acids is 1. The van der Waals surface area contributed by atoms with Crippen LogP contribution in [0.4, 0.5) is 17.1 Å². The maximum Gasteiger partial charge on any atom is 0.308 e. The highest BCUT2D eigenvalue weighted by atomic mass is 16.5. The van der Waals surface area contributed by atoms with Gasteiger partial charge in [-0.15, -0.1) is 0 Å². The molecule has 0 amide bonds. The molecule has 0 aliphatic heterocycles. The van der Waals surface area contributed by atoms with Gasteiger partial charge in [-0.2, -0.15) is 0 Å². The molecule has 17 heavy (non-hydrogen) atoms. The average Bonchev–Trinajstić information content (AvgIpc) is 2.28. The number of rotatable bonds is 5. The van der Waals surface area contributed by atoms with Crippen LogP contribution in [0.15, 0.2) is 18.2 Å². The number of aliphatic hydroxyl groups is 1. The predicted octanol–water partition coefficient (Wildman–Crippen LogP) is 0.187. The summed E-state index contributed by atoms with van der Waals surface area (Å²) in [5.74, 6) is -0.465. The Morgan fingerprint density at radius 3 is 2.59 bits per heavy atom. The largest absolute Gasteiger partial charge is 0.469 e. The number of ether oxygens (including phenoxy) is 1. The van der Waals surface area contributed by atoms with E-state index in [4.69, 9.17) is 11.5 Å². The average molecular weight is 239 g/mol. The highest BCUT2D eigenvalue weighted by Crippen LogP contribution is 2.25. The molecule has 0 aliphatic carbocycles. The Morgan fingerprint density at radius 1 is 1.47 bits per heavy atom. The first-order valence-electron chi connectivity index (χ1n) is 5.17. The summed E-state index contributed by atoms with van der Waals surface area (Å²) in [5.41, 5.74) is 13.0. The van der Waals surface area contributed by atoms with Gasteiger partial charge < -0.3 is 26.6 Å². The number of esters is 1. The zero-order valence-electron chi connectivity index (χ0n) is 9.64. The normalized spacial score (nSPS) is 11.9. The topological polar surface area (TPSA) is 111 Å². The fourth-order valence-corrected chi connectivity index (χ4v) is 1.36. The van der Waals surface area contributed by atoms with Crippen LogP contribution >= 0.6 is 0 Å². The van der Waals surface area contributed by atoms with Crippen LogP contribution in [0.1, 0.15) is 6.42 Å². The summed E-state index contributed by atoms with van der Waals surface area (Å²) in [6.07, 6.45) is -0.919. The quantitative estimate of drug-likeness (QED) is 0.431. The second kappa shape index (κ2) is 5.95. The molecule has 0 fully saturated rings. The van der Waals surface area contributed by atoms with Gasteiger partial charge in [-0.05, 0) is 12.1 Å². The highest BCUT2D eigenvalue weighted by Gasteiger charge is 2.12. The number of methoxy groups -OCH3 is 1. The van der Waals surface area contributed by atoms with Crippen molar-refractivity contribution in [2.24, 2.45) is 0 Å². The lowest BCUT2D eigenvalue weighted by Crippen LogP contribution is -2.24. The molecule has 0 saturated carbocycles. The number of benzene rings is 1. The standard InChI is InChI=1S/C11H17N3O3/c1-17-10(16)5-7(15)6-14-11-8(12)3-2-4-9(11)13/h2-4,7,14-15H,5-6,12-13H2,1H3. The first kappa shape index (κ1) is 13.1. The Hall–Kier alpha value is -1.95. The predicted molar refractivity (Wildman–Crippen MR) is 66.4 cm³/mol. The third kappa shape index (κ3) is 3.84. The summed E-state index contributed by atoms with van der Waals surface area (Å²) in [7, 11) is 1.27. The number of para-hydroxylation sites is 1. The molecule has 0 saturated heterocycles. The number of hydrogen-bond donors (Lipinski definition) is 4. The fourth-order valence-electron chi connectivity index (χ4n) is 1.36. The number of anilines is 3. The van der Waals surface area contributed by atoms with Crippen LogP contribution in [-0.4, -0.2) is 30.8 Å². The van der Waals surface area contributed by atoms with Crippen molar-refractivity contribution < 1.29 is 14.6 Å². The molecule has 6 heteroatoms. The lowest BCUT2D eigenvalue weighted by molar-refractivity contribution is -0.142. The van der Waals surface area contributed by atoms with E-state index in [1.165, 1.54) is 7.11 Å². The Labute approximate surface area is 99.6 Å². The number of carbonyl (C=O) groups is 1. The van der Waals surface area contributed by atoms with Crippen LogP contribution in [0.2, 0.25) is 0 Å². The van der Waals surface area contributed by atoms with Crippen LogP contribution in [-0.2, 0) is 9.53 Å². The van der Waals surface area contributed by atoms with Gasteiger partial charge in [0.25, 0.3) is 0 Å². The second-order valence-corrected chi connectivity index (χ2v) is 3.63. The van der Waals surface area contributed by atoms with Crippen molar-refractivity contribution in [3.8, 4) is 0 Å². The molecule has 0 bridgehead atoms. The van der Waals surface area contributed by atoms with E-state index in [2.05, 4.69) is 10.1 Å². The Kier molecular flexibility index (Phi) is 4.59. The molecule has 1 aromatic carbocycles. The lowest BCUT2D eigenvalue weighted by Gasteiger charge is -2.14. The van der Waals surface area contributed by atoms with Gasteiger partial charge in [0, 0.05) is 6.54 Å². The van der Waals surface area contributed by atoms with Crippen molar-refractivity contribution in [1.29, 1.82) is 0 Å². The number of nitrogens with two attached hydrogens (primary N) is 2. The van der Waals surface area contributed by atoms with E-state index >= 15 is 0 Å². The molecule has 1 aromatic rings. The van der Waals surface area contributed by atoms with Crippen molar-refractivity contribution >= 4 is 23.0 Å². The number of nitrogens with one attached hydrogen (secondary N) is 1. The maximum atomic E-state index is 10.9. The summed E-state index contributed by atoms with van der Waals surface area (Å²) < 4.78 is 4.44. The van der Waals surface area contributed by atoms with Crippen LogP contribution < -0.4 is 16.8 Å². The monoisotopic (exact) mass is 239 g/mol. The molecule has 0 spiro atoms. The zero-order valence-corrected chi connectivity index (χ0v) is 9.64. The van der Waals surface area contributed by atoms with Gasteiger partial charge in [-0.1, -0.05) is 6.07 Å². The molecule has 0 heterocycles. The van der Waals surface area contributed by atoms with Crippen molar-refractivity contribution in [2.75, 3.05) is 30.4 Å². The van der Waals surface area contributed by atoms with Gasteiger partial charge in [0.15, 0.2) is 0 Å². The van der Waals surface area contributed by atoms with Crippen molar-refractivity contribution in [2.45, 2.75) is 12.5 Å². The Bertz CT molecular complexity index is 375. The van der Waals surface area contributed by atoms with Crippen molar-refractivity contribution in [1.82, 2.24) is 0 Å². The lowest BCUT2D eigenvalue weighted by atomic mass is 10.2. The summed E-state index contributed by atoms with van der Waals surface area (Å²) >= 11 is 0. The fraction of sp³-hybridized carbons (Fsp3) is 0.364. The van der Waals surface area contributed by atoms with Crippen molar-refractivity contribution in [3.05, 3.63) is 18.2 Å². The van der Waals surface area contributed by atoms with E-state index in [9.17, 15) is 9.90 Å². The van der Waals surface area contributed by atoms with Crippen LogP contribution in [0.3, 0.4) is 0 Å². The van der Waals surface area contributed by atoms with E-state index in [1.54, 1.807) is 18.2 Å². The van der Waals surface area contributed by atoms with E-state index < -0.39 is 12.1 Å². The van der Waals surface area contributed by atoms with Crippen LogP contribution in [0, 0.1) is 0 Å². The molecule has 1 rings (SSSR count). The SMILES string of the molecule is COC(=O)CC(O)CNc1c(N)cccc1N. The maximum absolute atomic E-state index is 10.9. The van der Waals surface area contributed by atoms with Gasteiger partial charge >= 0.3 is 5.97 Å². The zero-order chi connectivity index (χ0) is 12.8. The molecular formula is C11H17N3O3. The second-order valence-electron chi connectivity index (χ2n) is 3.63. The summed E-state index contributed by atoms with van der Waals surface area (Å²) in [6, 6.07) is 5.14. The molecule has 0 radical (unpaired) electrons. The molecular weight excluding hydrogens is 222 g/mol. The summed E-state index contributed by atoms with van der Waals surface area (Å²) in [6.45, 7) is 0.174. The molecule has 94 valence electrons. The van der Waals surface area contributed by atoms with Crippen molar-refractivity contribution in [3.63, 3.8) is 0 Å². The van der Waals surface area contributed by atoms with E-state index in [-0.39, 0.29) is 13.0 Å². The van der Waals surface area contributed by atoms with E-state index in [1.807, 2.05) is 0 Å². The number of hydrogen-bond acceptors (Lipinski definition) is 6. The molecule has 0 aromatic heterocycles. The minimum atomic E-state index is -0.846. The first-order valence-corrected chi connectivity index (χ1v) is 5.17. The first-order chi connectivity index (χ1) is 8.04. The highest BCUT2D eigenvalue weighted by molar-refractivity contribution is 5.79. The third-order valence-electron chi connectivity index (χ3n) is 2.27. The Balaban J connectivity index is 2.53. The minimum absolute atomic E-state index is 0.0733. The van der Waals surface area contributed by atoms with Crippen LogP contribution in [0.25, 0.3) is 0 Å². The molecule has 1 atom stereocenters. The molecule has 1 unspecified atom stereocenters. The van der Waals surface area contributed by atoms with Crippen LogP contribution in [0.5, 0.6) is 0 Å². The van der Waals surface area contributed by atoms with Gasteiger partial charge in [0.2, 0.25) is 0 Å². The van der Waals surface area contributed by atoms with Gasteiger partial charge in [0.05, 0.1) is 36.7 Å². The minimum Gasteiger partial charge on any atom is -0.469 e. The van der Waals surface area contributed by atoms with Gasteiger partial charge in [0.1, 0.15) is 0 Å². The van der Waals surface area contributed by atoms with E-state index in [0.717, 1.165) is 0 Å². The third-order valence-corrected chi connectivity index (χ3v) is 2.27. The summed E-state index contributed by atoms with van der Waals surface area (Å²) in [5, 5.41) is 12.5. The molecule has 6 nitrogen and oxygen atoms in total. The molecule has 6 N–H and O–H groups in total. The van der Waals surface area contributed by atoms with Gasteiger partial charge in [-0.25, -0.2) is 0 Å². The number of aliphatic hydroxyl groups excluding tert-OH is 1. The number of nitrogen functional groups attached to an aromatic ring is 2. The Morgan fingerprint density at radius 2 is 2.06 bits per heavy atom. The summed E-state index contributed by atoms with van der Waals surface area (Å²) in [4.78, 5) is 10.9. The molecule has 0 aliphatic rings.